The van der Waals surface area contributed by atoms with Crippen molar-refractivity contribution in [3.05, 3.63) is 0 Å². The van der Waals surface area contributed by atoms with Crippen molar-refractivity contribution in [2.75, 3.05) is 82.3 Å². The molecule has 0 bridgehead atoms. The summed E-state index contributed by atoms with van der Waals surface area (Å²) in [7, 11) is 10.5. The Kier molecular flexibility index (Phi) is 16.4. The van der Waals surface area contributed by atoms with E-state index in [1.165, 1.54) is 25.7 Å². The predicted molar refractivity (Wildman–Crippen MR) is 196 cm³/mol. The summed E-state index contributed by atoms with van der Waals surface area (Å²) in [6, 6.07) is 0. The van der Waals surface area contributed by atoms with Crippen LogP contribution >= 0.6 is 0 Å². The standard InChI is InChI=1S/C41H76O9/c1-40(2,34-14-26(20-45-4)37(42)27(15-34)21-46-5)32-10-12-33(13-11-32)41(3,35-16-28(22-47-6)38(43)29(17-35)23-48-7)36-18-30(24-49-8)39(44)31(19-36)25-50-9/h26-39,42-44H,10-25H2,1-9H3. The highest BCUT2D eigenvalue weighted by Crippen LogP contribution is 2.61. The Balaban J connectivity index is 1.62. The molecule has 0 saturated heterocycles. The van der Waals surface area contributed by atoms with E-state index in [2.05, 4.69) is 20.8 Å². The fraction of sp³-hybridized carbons (Fsp3) is 1.00. The van der Waals surface area contributed by atoms with Gasteiger partial charge in [-0.15, -0.1) is 0 Å². The molecule has 6 atom stereocenters. The van der Waals surface area contributed by atoms with Gasteiger partial charge in [-0.2, -0.15) is 0 Å². The first-order valence-electron chi connectivity index (χ1n) is 19.9. The molecular weight excluding hydrogens is 636 g/mol. The van der Waals surface area contributed by atoms with Crippen LogP contribution in [0.3, 0.4) is 0 Å². The SMILES string of the molecule is COCC1CC(C(C)(C)C2CCC(C(C)(C3CC(COC)C(O)C(COC)C3)C3CC(COC)C(O)C(COC)C3)CC2)CC(COC)C1O. The van der Waals surface area contributed by atoms with Gasteiger partial charge < -0.3 is 43.7 Å². The normalized spacial score (nSPS) is 41.5. The maximum atomic E-state index is 11.5. The van der Waals surface area contributed by atoms with E-state index >= 15 is 0 Å². The summed E-state index contributed by atoms with van der Waals surface area (Å²) in [5, 5.41) is 34.1. The molecule has 3 N–H and O–H groups in total. The summed E-state index contributed by atoms with van der Waals surface area (Å²) in [6.45, 7) is 11.0. The maximum absolute atomic E-state index is 11.5. The smallest absolute Gasteiger partial charge is 0.0640 e. The third-order valence-electron chi connectivity index (χ3n) is 15.2. The monoisotopic (exact) mass is 713 g/mol. The van der Waals surface area contributed by atoms with Gasteiger partial charge in [0.1, 0.15) is 0 Å². The van der Waals surface area contributed by atoms with Gasteiger partial charge in [0, 0.05) is 78.2 Å². The van der Waals surface area contributed by atoms with E-state index in [-0.39, 0.29) is 52.4 Å². The third kappa shape index (κ3) is 9.29. The van der Waals surface area contributed by atoms with Gasteiger partial charge in [0.25, 0.3) is 0 Å². The molecule has 4 aliphatic rings. The van der Waals surface area contributed by atoms with E-state index in [0.717, 1.165) is 38.5 Å². The quantitative estimate of drug-likeness (QED) is 0.174. The van der Waals surface area contributed by atoms with Crippen LogP contribution in [0.1, 0.15) is 85.0 Å². The van der Waals surface area contributed by atoms with Crippen molar-refractivity contribution >= 4 is 0 Å². The molecule has 4 aliphatic carbocycles. The molecule has 9 nitrogen and oxygen atoms in total. The molecule has 0 radical (unpaired) electrons. The summed E-state index contributed by atoms with van der Waals surface area (Å²) >= 11 is 0. The zero-order valence-corrected chi connectivity index (χ0v) is 33.2. The summed E-state index contributed by atoms with van der Waals surface area (Å²) in [5.41, 5.74) is 0.164. The van der Waals surface area contributed by atoms with Gasteiger partial charge in [0.2, 0.25) is 0 Å². The molecule has 50 heavy (non-hydrogen) atoms. The zero-order valence-electron chi connectivity index (χ0n) is 33.2. The molecule has 0 aromatic rings. The molecule has 4 rings (SSSR count). The van der Waals surface area contributed by atoms with Crippen molar-refractivity contribution in [3.8, 4) is 0 Å². The van der Waals surface area contributed by atoms with Gasteiger partial charge in [-0.25, -0.2) is 0 Å². The minimum atomic E-state index is -0.430. The van der Waals surface area contributed by atoms with Crippen LogP contribution in [0, 0.1) is 75.9 Å². The zero-order chi connectivity index (χ0) is 36.6. The van der Waals surface area contributed by atoms with Crippen molar-refractivity contribution in [2.45, 2.75) is 103 Å². The Bertz CT molecular complexity index is 884. The Morgan fingerprint density at radius 1 is 0.380 bits per heavy atom. The molecule has 0 aromatic carbocycles. The van der Waals surface area contributed by atoms with Crippen LogP contribution in [0.2, 0.25) is 0 Å². The van der Waals surface area contributed by atoms with Crippen LogP contribution < -0.4 is 0 Å². The lowest BCUT2D eigenvalue weighted by atomic mass is 9.47. The van der Waals surface area contributed by atoms with Gasteiger partial charge >= 0.3 is 0 Å². The molecular formula is C41H76O9. The maximum Gasteiger partial charge on any atom is 0.0640 e. The third-order valence-corrected chi connectivity index (χ3v) is 15.2. The molecule has 0 aromatic heterocycles. The molecule has 0 spiro atoms. The second-order valence-corrected chi connectivity index (χ2v) is 18.0. The number of methoxy groups -OCH3 is 6. The Hall–Kier alpha value is -0.360. The minimum Gasteiger partial charge on any atom is -0.392 e. The van der Waals surface area contributed by atoms with Crippen molar-refractivity contribution in [3.63, 3.8) is 0 Å². The van der Waals surface area contributed by atoms with Gasteiger partial charge in [-0.1, -0.05) is 20.8 Å². The van der Waals surface area contributed by atoms with E-state index in [9.17, 15) is 15.3 Å². The van der Waals surface area contributed by atoms with Gasteiger partial charge in [-0.05, 0) is 105 Å². The van der Waals surface area contributed by atoms with E-state index in [0.29, 0.717) is 69.2 Å². The summed E-state index contributed by atoms with van der Waals surface area (Å²) in [4.78, 5) is 0. The van der Waals surface area contributed by atoms with Crippen molar-refractivity contribution in [2.24, 2.45) is 75.9 Å². The van der Waals surface area contributed by atoms with Crippen molar-refractivity contribution in [1.29, 1.82) is 0 Å². The first-order chi connectivity index (χ1) is 23.9. The average molecular weight is 713 g/mol. The van der Waals surface area contributed by atoms with Crippen molar-refractivity contribution in [1.82, 2.24) is 0 Å². The molecule has 9 heteroatoms. The van der Waals surface area contributed by atoms with Crippen LogP contribution in [-0.2, 0) is 28.4 Å². The van der Waals surface area contributed by atoms with Crippen LogP contribution in [-0.4, -0.2) is 116 Å². The van der Waals surface area contributed by atoms with Crippen LogP contribution in [0.5, 0.6) is 0 Å². The number of hydrogen-bond acceptors (Lipinski definition) is 9. The number of aliphatic hydroxyl groups excluding tert-OH is 3. The number of aliphatic hydroxyl groups is 3. The molecule has 4 saturated carbocycles. The number of hydrogen-bond donors (Lipinski definition) is 3. The fourth-order valence-electron chi connectivity index (χ4n) is 12.2. The average Bonchev–Trinajstić information content (AvgIpc) is 3.10. The highest BCUT2D eigenvalue weighted by atomic mass is 16.5. The molecule has 0 amide bonds. The van der Waals surface area contributed by atoms with Crippen LogP contribution in [0.4, 0.5) is 0 Å². The second kappa shape index (κ2) is 19.3. The van der Waals surface area contributed by atoms with Gasteiger partial charge in [0.15, 0.2) is 0 Å². The van der Waals surface area contributed by atoms with Gasteiger partial charge in [-0.3, -0.25) is 0 Å². The summed E-state index contributed by atoms with van der Waals surface area (Å²) in [6.07, 6.45) is 9.34. The van der Waals surface area contributed by atoms with Gasteiger partial charge in [0.05, 0.1) is 58.0 Å². The van der Waals surface area contributed by atoms with E-state index < -0.39 is 12.2 Å². The highest BCUT2D eigenvalue weighted by molar-refractivity contribution is 5.05. The number of ether oxygens (including phenoxy) is 6. The molecule has 294 valence electrons. The fourth-order valence-corrected chi connectivity index (χ4v) is 12.2. The van der Waals surface area contributed by atoms with E-state index in [1.54, 1.807) is 42.7 Å². The Morgan fingerprint density at radius 3 is 0.880 bits per heavy atom. The van der Waals surface area contributed by atoms with E-state index in [1.807, 2.05) is 0 Å². The second-order valence-electron chi connectivity index (χ2n) is 18.0. The first kappa shape index (κ1) is 42.4. The lowest BCUT2D eigenvalue weighted by Crippen LogP contribution is -2.54. The van der Waals surface area contributed by atoms with E-state index in [4.69, 9.17) is 28.4 Å². The topological polar surface area (TPSA) is 116 Å². The summed E-state index contributed by atoms with van der Waals surface area (Å²) < 4.78 is 34.0. The molecule has 4 fully saturated rings. The summed E-state index contributed by atoms with van der Waals surface area (Å²) in [5.74, 6) is 3.08. The highest BCUT2D eigenvalue weighted by Gasteiger charge is 2.55. The lowest BCUT2D eigenvalue weighted by molar-refractivity contribution is -0.141. The van der Waals surface area contributed by atoms with Crippen LogP contribution in [0.15, 0.2) is 0 Å². The first-order valence-corrected chi connectivity index (χ1v) is 19.9. The van der Waals surface area contributed by atoms with Crippen molar-refractivity contribution < 1.29 is 43.7 Å². The molecule has 0 heterocycles. The lowest BCUT2D eigenvalue weighted by Gasteiger charge is -2.58. The minimum absolute atomic E-state index is 0.0213. The molecule has 0 aliphatic heterocycles. The Morgan fingerprint density at radius 2 is 0.620 bits per heavy atom. The predicted octanol–water partition coefficient (Wildman–Crippen LogP) is 5.71. The molecule has 6 unspecified atom stereocenters. The Labute approximate surface area is 304 Å². The van der Waals surface area contributed by atoms with Crippen LogP contribution in [0.25, 0.3) is 0 Å². The largest absolute Gasteiger partial charge is 0.392 e. The number of rotatable bonds is 17.